The van der Waals surface area contributed by atoms with E-state index in [2.05, 4.69) is 65.8 Å². The van der Waals surface area contributed by atoms with E-state index in [4.69, 9.17) is 0 Å². The number of hydrogen-bond donors (Lipinski definition) is 1. The van der Waals surface area contributed by atoms with Crippen LogP contribution in [0.4, 0.5) is 5.69 Å². The summed E-state index contributed by atoms with van der Waals surface area (Å²) in [5, 5.41) is 4.62. The van der Waals surface area contributed by atoms with Crippen molar-refractivity contribution in [3.05, 3.63) is 71.9 Å². The van der Waals surface area contributed by atoms with E-state index in [1.54, 1.807) is 0 Å². The predicted octanol–water partition coefficient (Wildman–Crippen LogP) is 4.41. The normalized spacial score (nSPS) is 10.7. The summed E-state index contributed by atoms with van der Waals surface area (Å²) in [5.41, 5.74) is 4.61. The van der Waals surface area contributed by atoms with Crippen molar-refractivity contribution in [1.82, 2.24) is 4.98 Å². The second-order valence-corrected chi connectivity index (χ2v) is 4.90. The quantitative estimate of drug-likeness (QED) is 0.753. The SMILES string of the molecule is CCc1cccc(NCc2ccc3ccccc3n2)c1. The predicted molar refractivity (Wildman–Crippen MR) is 84.9 cm³/mol. The van der Waals surface area contributed by atoms with Crippen molar-refractivity contribution < 1.29 is 0 Å². The molecule has 0 saturated carbocycles. The number of nitrogens with one attached hydrogen (secondary N) is 1. The number of anilines is 1. The topological polar surface area (TPSA) is 24.9 Å². The Hall–Kier alpha value is -2.35. The number of nitrogens with zero attached hydrogens (tertiary/aromatic N) is 1. The summed E-state index contributed by atoms with van der Waals surface area (Å²) >= 11 is 0. The average molecular weight is 262 g/mol. The molecule has 0 fully saturated rings. The Bertz CT molecular complexity index is 719. The first kappa shape index (κ1) is 12.7. The van der Waals surface area contributed by atoms with Gasteiger partial charge in [-0.1, -0.05) is 43.3 Å². The van der Waals surface area contributed by atoms with E-state index >= 15 is 0 Å². The summed E-state index contributed by atoms with van der Waals surface area (Å²) in [5.74, 6) is 0. The second kappa shape index (κ2) is 5.74. The number of hydrogen-bond acceptors (Lipinski definition) is 2. The molecule has 0 amide bonds. The van der Waals surface area contributed by atoms with Crippen LogP contribution < -0.4 is 5.32 Å². The van der Waals surface area contributed by atoms with Crippen LogP contribution >= 0.6 is 0 Å². The average Bonchev–Trinajstić information content (AvgIpc) is 2.53. The Morgan fingerprint density at radius 2 is 1.85 bits per heavy atom. The minimum atomic E-state index is 0.748. The third-order valence-corrected chi connectivity index (χ3v) is 3.46. The molecule has 0 aliphatic heterocycles. The zero-order valence-corrected chi connectivity index (χ0v) is 11.6. The van der Waals surface area contributed by atoms with Gasteiger partial charge in [-0.05, 0) is 36.2 Å². The van der Waals surface area contributed by atoms with E-state index < -0.39 is 0 Å². The molecule has 0 atom stereocenters. The lowest BCUT2D eigenvalue weighted by Crippen LogP contribution is -2.02. The highest BCUT2D eigenvalue weighted by Crippen LogP contribution is 2.14. The van der Waals surface area contributed by atoms with Crippen molar-refractivity contribution in [2.45, 2.75) is 19.9 Å². The van der Waals surface area contributed by atoms with Crippen LogP contribution in [0.3, 0.4) is 0 Å². The van der Waals surface area contributed by atoms with Crippen LogP contribution in [-0.4, -0.2) is 4.98 Å². The van der Waals surface area contributed by atoms with Crippen LogP contribution in [0.5, 0.6) is 0 Å². The first-order valence-electron chi connectivity index (χ1n) is 7.02. The molecule has 3 aromatic rings. The molecule has 1 aromatic heterocycles. The molecule has 20 heavy (non-hydrogen) atoms. The third-order valence-electron chi connectivity index (χ3n) is 3.46. The van der Waals surface area contributed by atoms with Crippen LogP contribution in [0.25, 0.3) is 10.9 Å². The van der Waals surface area contributed by atoms with Gasteiger partial charge in [-0.3, -0.25) is 4.98 Å². The molecule has 2 heteroatoms. The molecule has 0 saturated heterocycles. The minimum Gasteiger partial charge on any atom is -0.379 e. The molecule has 100 valence electrons. The third kappa shape index (κ3) is 2.80. The van der Waals surface area contributed by atoms with Gasteiger partial charge in [0.15, 0.2) is 0 Å². The Morgan fingerprint density at radius 3 is 2.75 bits per heavy atom. The first-order chi connectivity index (χ1) is 9.85. The van der Waals surface area contributed by atoms with Crippen molar-refractivity contribution in [3.8, 4) is 0 Å². The molecule has 3 rings (SSSR count). The summed E-state index contributed by atoms with van der Waals surface area (Å²) in [7, 11) is 0. The summed E-state index contributed by atoms with van der Waals surface area (Å²) in [6.45, 7) is 2.92. The number of para-hydroxylation sites is 1. The zero-order valence-electron chi connectivity index (χ0n) is 11.6. The lowest BCUT2D eigenvalue weighted by atomic mass is 10.1. The largest absolute Gasteiger partial charge is 0.379 e. The van der Waals surface area contributed by atoms with Gasteiger partial charge in [-0.15, -0.1) is 0 Å². The molecule has 0 aliphatic carbocycles. The Morgan fingerprint density at radius 1 is 0.950 bits per heavy atom. The molecule has 0 aliphatic rings. The van der Waals surface area contributed by atoms with Gasteiger partial charge in [-0.2, -0.15) is 0 Å². The van der Waals surface area contributed by atoms with E-state index in [0.717, 1.165) is 29.9 Å². The van der Waals surface area contributed by atoms with Gasteiger partial charge in [0.05, 0.1) is 17.8 Å². The van der Waals surface area contributed by atoms with Crippen LogP contribution in [0.2, 0.25) is 0 Å². The van der Waals surface area contributed by atoms with Crippen molar-refractivity contribution in [2.24, 2.45) is 0 Å². The molecule has 2 aromatic carbocycles. The molecular formula is C18H18N2. The molecule has 0 spiro atoms. The number of pyridine rings is 1. The summed E-state index contributed by atoms with van der Waals surface area (Å²) < 4.78 is 0. The summed E-state index contributed by atoms with van der Waals surface area (Å²) in [6.07, 6.45) is 1.06. The van der Waals surface area contributed by atoms with Crippen LogP contribution in [0.15, 0.2) is 60.7 Å². The van der Waals surface area contributed by atoms with E-state index in [1.807, 2.05) is 12.1 Å². The van der Waals surface area contributed by atoms with Gasteiger partial charge in [0, 0.05) is 11.1 Å². The van der Waals surface area contributed by atoms with E-state index in [-0.39, 0.29) is 0 Å². The highest BCUT2D eigenvalue weighted by molar-refractivity contribution is 5.78. The van der Waals surface area contributed by atoms with Gasteiger partial charge in [0.25, 0.3) is 0 Å². The smallest absolute Gasteiger partial charge is 0.0706 e. The standard InChI is InChI=1S/C18H18N2/c1-2-14-6-5-8-16(12-14)19-13-17-11-10-15-7-3-4-9-18(15)20-17/h3-12,19H,2,13H2,1H3. The van der Waals surface area contributed by atoms with Crippen LogP contribution in [-0.2, 0) is 13.0 Å². The Labute approximate surface area is 119 Å². The lowest BCUT2D eigenvalue weighted by Gasteiger charge is -2.08. The second-order valence-electron chi connectivity index (χ2n) is 4.90. The first-order valence-corrected chi connectivity index (χ1v) is 7.02. The summed E-state index contributed by atoms with van der Waals surface area (Å²) in [4.78, 5) is 4.67. The van der Waals surface area contributed by atoms with E-state index in [1.165, 1.54) is 10.9 Å². The van der Waals surface area contributed by atoms with E-state index in [0.29, 0.717) is 0 Å². The number of aromatic nitrogens is 1. The molecule has 2 nitrogen and oxygen atoms in total. The van der Waals surface area contributed by atoms with Crippen molar-refractivity contribution in [3.63, 3.8) is 0 Å². The number of fused-ring (bicyclic) bond motifs is 1. The monoisotopic (exact) mass is 262 g/mol. The molecule has 0 bridgehead atoms. The van der Waals surface area contributed by atoms with E-state index in [9.17, 15) is 0 Å². The van der Waals surface area contributed by atoms with Crippen LogP contribution in [0.1, 0.15) is 18.2 Å². The maximum atomic E-state index is 4.67. The van der Waals surface area contributed by atoms with Crippen molar-refractivity contribution in [1.29, 1.82) is 0 Å². The maximum absolute atomic E-state index is 4.67. The number of benzene rings is 2. The molecule has 0 radical (unpaired) electrons. The van der Waals surface area contributed by atoms with Gasteiger partial charge in [-0.25, -0.2) is 0 Å². The number of aryl methyl sites for hydroxylation is 1. The zero-order chi connectivity index (χ0) is 13.8. The van der Waals surface area contributed by atoms with Gasteiger partial charge in [0.1, 0.15) is 0 Å². The van der Waals surface area contributed by atoms with Gasteiger partial charge < -0.3 is 5.32 Å². The Balaban J connectivity index is 1.76. The Kier molecular flexibility index (Phi) is 3.64. The van der Waals surface area contributed by atoms with Crippen molar-refractivity contribution >= 4 is 16.6 Å². The van der Waals surface area contributed by atoms with Crippen LogP contribution in [0, 0.1) is 0 Å². The molecule has 1 N–H and O–H groups in total. The molecule has 1 heterocycles. The minimum absolute atomic E-state index is 0.748. The van der Waals surface area contributed by atoms with Crippen molar-refractivity contribution in [2.75, 3.05) is 5.32 Å². The number of rotatable bonds is 4. The fraction of sp³-hybridized carbons (Fsp3) is 0.167. The highest BCUT2D eigenvalue weighted by Gasteiger charge is 1.99. The van der Waals surface area contributed by atoms with Gasteiger partial charge >= 0.3 is 0 Å². The molecule has 0 unspecified atom stereocenters. The fourth-order valence-corrected chi connectivity index (χ4v) is 2.30. The van der Waals surface area contributed by atoms with Gasteiger partial charge in [0.2, 0.25) is 0 Å². The lowest BCUT2D eigenvalue weighted by molar-refractivity contribution is 1.06. The fourth-order valence-electron chi connectivity index (χ4n) is 2.30. The summed E-state index contributed by atoms with van der Waals surface area (Å²) in [6, 6.07) is 21.0. The maximum Gasteiger partial charge on any atom is 0.0706 e. The highest BCUT2D eigenvalue weighted by atomic mass is 14.9. The molecular weight excluding hydrogens is 244 g/mol.